The Balaban J connectivity index is 1.77. The fraction of sp³-hybridized carbons (Fsp3) is 0.0769. The molecule has 17 heavy (non-hydrogen) atoms. The molecular formula is C13H11N3S. The van der Waals surface area contributed by atoms with E-state index >= 15 is 0 Å². The SMILES string of the molecule is c1ccc(NCc2nc3cnccc3s2)cc1. The highest BCUT2D eigenvalue weighted by Gasteiger charge is 2.02. The minimum atomic E-state index is 0.753. The van der Waals surface area contributed by atoms with Crippen molar-refractivity contribution < 1.29 is 0 Å². The van der Waals surface area contributed by atoms with Crippen LogP contribution in [-0.2, 0) is 6.54 Å². The van der Waals surface area contributed by atoms with Gasteiger partial charge in [0, 0.05) is 11.9 Å². The Morgan fingerprint density at radius 2 is 2.00 bits per heavy atom. The van der Waals surface area contributed by atoms with E-state index in [0.717, 1.165) is 22.8 Å². The van der Waals surface area contributed by atoms with Gasteiger partial charge in [-0.3, -0.25) is 4.98 Å². The zero-order valence-electron chi connectivity index (χ0n) is 9.13. The number of fused-ring (bicyclic) bond motifs is 1. The second kappa shape index (κ2) is 4.51. The van der Waals surface area contributed by atoms with Crippen LogP contribution in [0.4, 0.5) is 5.69 Å². The van der Waals surface area contributed by atoms with Crippen molar-refractivity contribution in [3.8, 4) is 0 Å². The van der Waals surface area contributed by atoms with Crippen LogP contribution in [-0.4, -0.2) is 9.97 Å². The smallest absolute Gasteiger partial charge is 0.113 e. The quantitative estimate of drug-likeness (QED) is 0.764. The van der Waals surface area contributed by atoms with E-state index < -0.39 is 0 Å². The van der Waals surface area contributed by atoms with Gasteiger partial charge >= 0.3 is 0 Å². The van der Waals surface area contributed by atoms with Crippen molar-refractivity contribution in [2.45, 2.75) is 6.54 Å². The molecule has 0 aliphatic heterocycles. The van der Waals surface area contributed by atoms with Crippen molar-refractivity contribution in [1.29, 1.82) is 0 Å². The summed E-state index contributed by atoms with van der Waals surface area (Å²) < 4.78 is 1.19. The molecule has 0 atom stereocenters. The minimum Gasteiger partial charge on any atom is -0.379 e. The number of thiazole rings is 1. The molecule has 0 fully saturated rings. The highest BCUT2D eigenvalue weighted by atomic mass is 32.1. The monoisotopic (exact) mass is 241 g/mol. The normalized spacial score (nSPS) is 10.6. The van der Waals surface area contributed by atoms with E-state index in [0.29, 0.717) is 0 Å². The lowest BCUT2D eigenvalue weighted by molar-refractivity contribution is 1.12. The van der Waals surface area contributed by atoms with Gasteiger partial charge < -0.3 is 5.32 Å². The highest BCUT2D eigenvalue weighted by Crippen LogP contribution is 2.21. The standard InChI is InChI=1S/C13H11N3S/c1-2-4-10(5-3-1)15-9-13-16-11-8-14-7-6-12(11)17-13/h1-8,15H,9H2. The summed E-state index contributed by atoms with van der Waals surface area (Å²) in [5, 5.41) is 4.43. The summed E-state index contributed by atoms with van der Waals surface area (Å²) in [6.45, 7) is 0.753. The molecular weight excluding hydrogens is 230 g/mol. The number of hydrogen-bond donors (Lipinski definition) is 1. The summed E-state index contributed by atoms with van der Waals surface area (Å²) in [4.78, 5) is 8.59. The molecule has 0 bridgehead atoms. The topological polar surface area (TPSA) is 37.8 Å². The lowest BCUT2D eigenvalue weighted by Crippen LogP contribution is -1.97. The van der Waals surface area contributed by atoms with Crippen LogP contribution in [0.15, 0.2) is 48.8 Å². The first kappa shape index (κ1) is 10.2. The van der Waals surface area contributed by atoms with E-state index in [9.17, 15) is 0 Å². The number of aromatic nitrogens is 2. The first-order valence-corrected chi connectivity index (χ1v) is 6.22. The second-order valence-corrected chi connectivity index (χ2v) is 4.79. The summed E-state index contributed by atoms with van der Waals surface area (Å²) in [6, 6.07) is 12.1. The van der Waals surface area contributed by atoms with Crippen LogP contribution in [0.1, 0.15) is 5.01 Å². The van der Waals surface area contributed by atoms with E-state index in [1.807, 2.05) is 24.3 Å². The summed E-state index contributed by atoms with van der Waals surface area (Å²) in [6.07, 6.45) is 3.60. The van der Waals surface area contributed by atoms with Crippen LogP contribution in [0.3, 0.4) is 0 Å². The average molecular weight is 241 g/mol. The Bertz CT molecular complexity index is 586. The maximum Gasteiger partial charge on any atom is 0.113 e. The van der Waals surface area contributed by atoms with Crippen molar-refractivity contribution in [3.05, 3.63) is 53.8 Å². The van der Waals surface area contributed by atoms with Gasteiger partial charge in [0.1, 0.15) is 5.01 Å². The minimum absolute atomic E-state index is 0.753. The summed E-state index contributed by atoms with van der Waals surface area (Å²) >= 11 is 1.70. The molecule has 0 saturated carbocycles. The molecule has 3 rings (SSSR count). The molecule has 0 spiro atoms. The maximum absolute atomic E-state index is 4.52. The number of nitrogens with one attached hydrogen (secondary N) is 1. The zero-order valence-corrected chi connectivity index (χ0v) is 9.95. The molecule has 2 heterocycles. The molecule has 0 radical (unpaired) electrons. The fourth-order valence-corrected chi connectivity index (χ4v) is 2.51. The average Bonchev–Trinajstić information content (AvgIpc) is 2.80. The van der Waals surface area contributed by atoms with Gasteiger partial charge in [0.25, 0.3) is 0 Å². The molecule has 3 aromatic rings. The van der Waals surface area contributed by atoms with E-state index in [1.165, 1.54) is 4.70 Å². The number of hydrogen-bond acceptors (Lipinski definition) is 4. The largest absolute Gasteiger partial charge is 0.379 e. The Kier molecular flexibility index (Phi) is 2.71. The van der Waals surface area contributed by atoms with Crippen molar-refractivity contribution in [3.63, 3.8) is 0 Å². The van der Waals surface area contributed by atoms with E-state index in [4.69, 9.17) is 0 Å². The number of pyridine rings is 1. The number of nitrogens with zero attached hydrogens (tertiary/aromatic N) is 2. The predicted octanol–water partition coefficient (Wildman–Crippen LogP) is 3.30. The lowest BCUT2D eigenvalue weighted by atomic mass is 10.3. The third-order valence-corrected chi connectivity index (χ3v) is 3.49. The lowest BCUT2D eigenvalue weighted by Gasteiger charge is -2.02. The number of benzene rings is 1. The molecule has 84 valence electrons. The summed E-state index contributed by atoms with van der Waals surface area (Å²) in [5.74, 6) is 0. The second-order valence-electron chi connectivity index (χ2n) is 3.67. The number of rotatable bonds is 3. The zero-order chi connectivity index (χ0) is 11.5. The van der Waals surface area contributed by atoms with Crippen LogP contribution in [0, 0.1) is 0 Å². The first-order chi connectivity index (χ1) is 8.42. The van der Waals surface area contributed by atoms with Crippen molar-refractivity contribution in [2.75, 3.05) is 5.32 Å². The van der Waals surface area contributed by atoms with Gasteiger partial charge in [-0.25, -0.2) is 4.98 Å². The maximum atomic E-state index is 4.52. The molecule has 0 unspecified atom stereocenters. The van der Waals surface area contributed by atoms with Crippen LogP contribution in [0.2, 0.25) is 0 Å². The summed E-state index contributed by atoms with van der Waals surface area (Å²) in [7, 11) is 0. The van der Waals surface area contributed by atoms with E-state index in [1.54, 1.807) is 23.7 Å². The summed E-state index contributed by atoms with van der Waals surface area (Å²) in [5.41, 5.74) is 2.09. The van der Waals surface area contributed by atoms with Gasteiger partial charge in [0.05, 0.1) is 23.0 Å². The van der Waals surface area contributed by atoms with Crippen LogP contribution in [0.5, 0.6) is 0 Å². The number of anilines is 1. The molecule has 0 saturated heterocycles. The van der Waals surface area contributed by atoms with Crippen LogP contribution in [0.25, 0.3) is 10.2 Å². The molecule has 1 aromatic carbocycles. The molecule has 0 aliphatic rings. The van der Waals surface area contributed by atoms with Gasteiger partial charge in [0.2, 0.25) is 0 Å². The Labute approximate surface area is 103 Å². The van der Waals surface area contributed by atoms with Crippen molar-refractivity contribution >= 4 is 27.2 Å². The Morgan fingerprint density at radius 1 is 1.12 bits per heavy atom. The Morgan fingerprint density at radius 3 is 2.82 bits per heavy atom. The van der Waals surface area contributed by atoms with Gasteiger partial charge in [-0.05, 0) is 18.2 Å². The first-order valence-electron chi connectivity index (χ1n) is 5.40. The molecule has 4 heteroatoms. The van der Waals surface area contributed by atoms with E-state index in [-0.39, 0.29) is 0 Å². The Hall–Kier alpha value is -1.94. The molecule has 1 N–H and O–H groups in total. The van der Waals surface area contributed by atoms with Gasteiger partial charge in [-0.1, -0.05) is 18.2 Å². The predicted molar refractivity (Wildman–Crippen MR) is 71.2 cm³/mol. The van der Waals surface area contributed by atoms with Crippen LogP contribution >= 0.6 is 11.3 Å². The third kappa shape index (κ3) is 2.26. The van der Waals surface area contributed by atoms with Gasteiger partial charge in [-0.2, -0.15) is 0 Å². The number of para-hydroxylation sites is 1. The van der Waals surface area contributed by atoms with Crippen molar-refractivity contribution in [1.82, 2.24) is 9.97 Å². The molecule has 3 nitrogen and oxygen atoms in total. The van der Waals surface area contributed by atoms with Crippen LogP contribution < -0.4 is 5.32 Å². The highest BCUT2D eigenvalue weighted by molar-refractivity contribution is 7.18. The fourth-order valence-electron chi connectivity index (χ4n) is 1.64. The molecule has 0 amide bonds. The van der Waals surface area contributed by atoms with Gasteiger partial charge in [0.15, 0.2) is 0 Å². The molecule has 2 aromatic heterocycles. The van der Waals surface area contributed by atoms with E-state index in [2.05, 4.69) is 27.4 Å². The van der Waals surface area contributed by atoms with Crippen molar-refractivity contribution in [2.24, 2.45) is 0 Å². The van der Waals surface area contributed by atoms with Gasteiger partial charge in [-0.15, -0.1) is 11.3 Å². The third-order valence-electron chi connectivity index (χ3n) is 2.45. The molecule has 0 aliphatic carbocycles.